The zero-order chi connectivity index (χ0) is 57.4. The van der Waals surface area contributed by atoms with Gasteiger partial charge in [0.1, 0.15) is 0 Å². The Morgan fingerprint density at radius 3 is 1.54 bits per heavy atom. The van der Waals surface area contributed by atoms with E-state index in [4.69, 9.17) is 24.7 Å². The van der Waals surface area contributed by atoms with Crippen molar-refractivity contribution in [3.05, 3.63) is 169 Å². The molecule has 4 nitrogen and oxygen atoms in total. The third kappa shape index (κ3) is 4.71. The summed E-state index contributed by atoms with van der Waals surface area (Å²) in [6.45, 7) is 0. The molecule has 0 unspecified atom stereocenters. The highest BCUT2D eigenvalue weighted by atomic mass is 32.1. The first-order valence-corrected chi connectivity index (χ1v) is 15.2. The molecule has 0 saturated heterocycles. The topological polar surface area (TPSA) is 43.6 Å². The Morgan fingerprint density at radius 2 is 0.900 bits per heavy atom. The molecule has 234 valence electrons. The average molecular weight is 685 g/mol. The molecule has 3 heterocycles. The van der Waals surface area contributed by atoms with Crippen LogP contribution in [0.3, 0.4) is 0 Å². The van der Waals surface area contributed by atoms with Crippen molar-refractivity contribution >= 4 is 53.3 Å². The fourth-order valence-electron chi connectivity index (χ4n) is 5.32. The lowest BCUT2D eigenvalue weighted by atomic mass is 10.0. The van der Waals surface area contributed by atoms with E-state index in [9.17, 15) is 13.7 Å². The third-order valence-corrected chi connectivity index (χ3v) is 8.61. The van der Waals surface area contributed by atoms with Crippen LogP contribution in [-0.2, 0) is 0 Å². The molecule has 10 aromatic rings. The molecule has 0 spiro atoms. The van der Waals surface area contributed by atoms with E-state index in [1.54, 1.807) is 0 Å². The number of thiophene rings is 1. The van der Waals surface area contributed by atoms with Gasteiger partial charge in [-0.25, -0.2) is 15.0 Å². The fraction of sp³-hybridized carbons (Fsp3) is 0. The average Bonchev–Trinajstić information content (AvgIpc) is 4.15. The predicted octanol–water partition coefficient (Wildman–Crippen LogP) is 12.0. The monoisotopic (exact) mass is 684 g/mol. The van der Waals surface area contributed by atoms with E-state index in [2.05, 4.69) is 15.0 Å². The van der Waals surface area contributed by atoms with Gasteiger partial charge < -0.3 is 4.57 Å². The van der Waals surface area contributed by atoms with Crippen LogP contribution >= 0.6 is 11.3 Å². The minimum absolute atomic E-state index is 0.0311. The van der Waals surface area contributed by atoms with E-state index < -0.39 is 231 Å². The first-order valence-electron chi connectivity index (χ1n) is 28.4. The summed E-state index contributed by atoms with van der Waals surface area (Å²) in [6.07, 6.45) is 0. The molecule has 0 radical (unpaired) electrons. The van der Waals surface area contributed by atoms with E-state index in [0.29, 0.717) is 0 Å². The van der Waals surface area contributed by atoms with E-state index in [0.717, 1.165) is 15.9 Å². The van der Waals surface area contributed by atoms with Crippen molar-refractivity contribution in [3.8, 4) is 51.0 Å². The number of benzene rings is 7. The maximum absolute atomic E-state index is 9.46. The number of nitrogens with zero attached hydrogens (tertiary/aromatic N) is 4. The summed E-state index contributed by atoms with van der Waals surface area (Å²) in [4.78, 5) is 12.5. The van der Waals surface area contributed by atoms with Crippen LogP contribution < -0.4 is 0 Å². The second-order valence-corrected chi connectivity index (χ2v) is 11.3. The summed E-state index contributed by atoms with van der Waals surface area (Å²) in [6, 6.07) is -23.9. The zero-order valence-electron chi connectivity index (χ0n) is 52.7. The van der Waals surface area contributed by atoms with Gasteiger partial charge in [-0.2, -0.15) is 0 Å². The maximum atomic E-state index is 9.46. The van der Waals surface area contributed by atoms with Crippen molar-refractivity contribution in [1.82, 2.24) is 19.5 Å². The van der Waals surface area contributed by atoms with Crippen molar-refractivity contribution < 1.29 is 38.4 Å². The second kappa shape index (κ2) is 11.6. The van der Waals surface area contributed by atoms with Crippen LogP contribution in [-0.4, -0.2) is 19.5 Å². The highest BCUT2D eigenvalue weighted by Crippen LogP contribution is 2.43. The summed E-state index contributed by atoms with van der Waals surface area (Å²) in [5, 5.41) is -0.845. The van der Waals surface area contributed by atoms with Crippen LogP contribution in [0.1, 0.15) is 38.4 Å². The molecule has 0 aliphatic heterocycles. The molecule has 0 aliphatic rings. The SMILES string of the molecule is [2H]c1c([2H])c([2H])c(-c2nc(-c3c([2H])c([2H])c([2H])c([2H])c3[2H])nc(-c3c([2H])c([2H])c(-c4c([2H])c([2H])c(-n5c6c([2H])c([2H])c([2H])c([2H])c6c6c7sc8c([2H])c([2H])c([2H])c([2H])c8c7c([2H])c([2H])c65)c([2H])c4[2H])c([2H])c3[2H])n2)c([2H])c1[2H]. The molecule has 0 saturated carbocycles. The summed E-state index contributed by atoms with van der Waals surface area (Å²) < 4.78 is 247. The minimum Gasteiger partial charge on any atom is -0.309 e. The molecule has 0 amide bonds. The van der Waals surface area contributed by atoms with Gasteiger partial charge in [0, 0.05) is 53.3 Å². The number of hydrogen-bond donors (Lipinski definition) is 0. The van der Waals surface area contributed by atoms with Gasteiger partial charge in [-0.1, -0.05) is 139 Å². The molecule has 7 aromatic carbocycles. The van der Waals surface area contributed by atoms with Gasteiger partial charge in [0.2, 0.25) is 0 Å². The summed E-state index contributed by atoms with van der Waals surface area (Å²) in [5.41, 5.74) is -5.64. The molecule has 5 heteroatoms. The summed E-state index contributed by atoms with van der Waals surface area (Å²) in [5.74, 6) is -2.44. The molecule has 0 atom stereocenters. The Bertz CT molecular complexity index is 4290. The molecule has 10 rings (SSSR count). The molecule has 3 aromatic heterocycles. The number of para-hydroxylation sites is 1. The quantitative estimate of drug-likeness (QED) is 0.181. The normalized spacial score (nSPS) is 19.4. The van der Waals surface area contributed by atoms with Crippen molar-refractivity contribution in [2.45, 2.75) is 0 Å². The largest absolute Gasteiger partial charge is 0.309 e. The number of aromatic nitrogens is 4. The van der Waals surface area contributed by atoms with Gasteiger partial charge in [0.15, 0.2) is 17.5 Å². The Kier molecular flexibility index (Phi) is 2.83. The molecular weight excluding hydrogens is 629 g/mol. The molecule has 0 N–H and O–H groups in total. The van der Waals surface area contributed by atoms with Gasteiger partial charge in [0.05, 0.1) is 49.4 Å². The van der Waals surface area contributed by atoms with Crippen LogP contribution in [0.4, 0.5) is 0 Å². The lowest BCUT2D eigenvalue weighted by Gasteiger charge is -2.10. The lowest BCUT2D eigenvalue weighted by molar-refractivity contribution is 1.07. The van der Waals surface area contributed by atoms with Crippen LogP contribution in [0.15, 0.2) is 169 Å². The van der Waals surface area contributed by atoms with Gasteiger partial charge in [-0.3, -0.25) is 0 Å². The Labute approximate surface area is 332 Å². The highest BCUT2D eigenvalue weighted by molar-refractivity contribution is 7.26. The van der Waals surface area contributed by atoms with E-state index in [1.165, 1.54) is 0 Å². The smallest absolute Gasteiger partial charge is 0.164 e. The van der Waals surface area contributed by atoms with Gasteiger partial charge >= 0.3 is 0 Å². The maximum Gasteiger partial charge on any atom is 0.164 e. The van der Waals surface area contributed by atoms with Crippen molar-refractivity contribution in [3.63, 3.8) is 0 Å². The fourth-order valence-corrected chi connectivity index (χ4v) is 6.44. The van der Waals surface area contributed by atoms with Crippen LogP contribution in [0.2, 0.25) is 0 Å². The minimum atomic E-state index is -1.06. The third-order valence-electron chi connectivity index (χ3n) is 7.49. The first-order chi connectivity index (χ1) is 36.4. The van der Waals surface area contributed by atoms with E-state index >= 15 is 0 Å². The number of rotatable bonds is 5. The molecule has 50 heavy (non-hydrogen) atoms. The van der Waals surface area contributed by atoms with Crippen LogP contribution in [0.25, 0.3) is 93.0 Å². The standard InChI is InChI=1S/C45H28N4S/c1-3-11-31(12-4-1)43-46-44(32-13-5-2-6-14-32)48-45(47-43)33-21-19-29(20-22-33)30-23-25-34(26-24-30)49-38-17-9-7-16-37(38)41-39(49)28-27-36-35-15-8-10-18-40(35)50-42(36)41/h1-28H/i1D,2D,3D,4D,5D,6D,7D,8D,9D,10D,11D,12D,13D,14D,15D,16D,17D,18D,19D,20D,21D,22D,23D,24D,25D,26D,27D,28D. The number of fused-ring (bicyclic) bond motifs is 7. The van der Waals surface area contributed by atoms with Crippen molar-refractivity contribution in [1.29, 1.82) is 0 Å². The van der Waals surface area contributed by atoms with Gasteiger partial charge in [-0.05, 0) is 41.3 Å². The highest BCUT2D eigenvalue weighted by Gasteiger charge is 2.17. The van der Waals surface area contributed by atoms with Crippen LogP contribution in [0.5, 0.6) is 0 Å². The number of hydrogen-bond acceptors (Lipinski definition) is 4. The van der Waals surface area contributed by atoms with Crippen LogP contribution in [0, 0.1) is 0 Å². The Hall–Kier alpha value is -6.43. The lowest BCUT2D eigenvalue weighted by Crippen LogP contribution is -2.00. The first kappa shape index (κ1) is 12.2. The summed E-state index contributed by atoms with van der Waals surface area (Å²) >= 11 is 0.735. The van der Waals surface area contributed by atoms with Crippen molar-refractivity contribution in [2.24, 2.45) is 0 Å². The predicted molar refractivity (Wildman–Crippen MR) is 209 cm³/mol. The van der Waals surface area contributed by atoms with Gasteiger partial charge in [-0.15, -0.1) is 11.3 Å². The Balaban J connectivity index is 1.27. The summed E-state index contributed by atoms with van der Waals surface area (Å²) in [7, 11) is 0. The van der Waals surface area contributed by atoms with E-state index in [-0.39, 0.29) is 30.9 Å². The molecule has 0 aliphatic carbocycles. The second-order valence-electron chi connectivity index (χ2n) is 10.3. The zero-order valence-corrected chi connectivity index (χ0v) is 25.5. The Morgan fingerprint density at radius 1 is 0.400 bits per heavy atom. The van der Waals surface area contributed by atoms with Crippen molar-refractivity contribution in [2.75, 3.05) is 0 Å². The van der Waals surface area contributed by atoms with E-state index in [1.807, 2.05) is 0 Å². The van der Waals surface area contributed by atoms with Gasteiger partial charge in [0.25, 0.3) is 0 Å². The molecular formula is C45H28N4S. The molecule has 0 fully saturated rings. The molecule has 0 bridgehead atoms.